The van der Waals surface area contributed by atoms with E-state index >= 15 is 0 Å². The summed E-state index contributed by atoms with van der Waals surface area (Å²) < 4.78 is 17.2. The Morgan fingerprint density at radius 2 is 1.01 bits per heavy atom. The normalized spacial score (nSPS) is 20.9. The van der Waals surface area contributed by atoms with E-state index in [2.05, 4.69) is 21.9 Å². The standard InChI is InChI=1S/C32H31N3O5.C28H27N3O3/c1-4-17-39-31(38)34-24-16-15-23(33-20-24)18-25-26-19-32(2,3)28(35(26)29(25)36)30(37)40-27(21-11-7-5-8-12-21)22-13-9-6-10-14-22;1-28(2)16-23-22(15-21-14-13-20(29)17-30-21)26(32)31(23)25(28)27(33)34-24(18-9-5-3-6-10-18)19-11-7-4-8-12-19/h4-16,18,20,26-28H,1,17,19H2,2-3H3,(H,34,38);3-15,17,23-25H,16,29H2,1-2H3/b25-18+;22-15+/t26?,28-;23?,25-/m00/s1. The average molecular weight is 991 g/mol. The van der Waals surface area contributed by atoms with E-state index in [1.165, 1.54) is 12.3 Å². The Balaban J connectivity index is 0.000000184. The van der Waals surface area contributed by atoms with E-state index in [-0.39, 0.29) is 36.5 Å². The molecule has 4 saturated heterocycles. The number of rotatable bonds is 13. The van der Waals surface area contributed by atoms with Gasteiger partial charge in [0.15, 0.2) is 12.2 Å². The van der Waals surface area contributed by atoms with Crippen molar-refractivity contribution in [2.75, 3.05) is 17.7 Å². The smallest absolute Gasteiger partial charge is 0.411 e. The Morgan fingerprint density at radius 3 is 1.36 bits per heavy atom. The van der Waals surface area contributed by atoms with Gasteiger partial charge in [-0.05, 0) is 82.3 Å². The van der Waals surface area contributed by atoms with Gasteiger partial charge in [-0.1, -0.05) is 162 Å². The molecule has 0 saturated carbocycles. The molecule has 4 aliphatic heterocycles. The van der Waals surface area contributed by atoms with Crippen molar-refractivity contribution < 1.29 is 38.2 Å². The van der Waals surface area contributed by atoms with Crippen LogP contribution in [0.15, 0.2) is 182 Å². The molecule has 14 nitrogen and oxygen atoms in total. The fraction of sp³-hybridized carbons (Fsp3) is 0.250. The van der Waals surface area contributed by atoms with Gasteiger partial charge in [-0.25, -0.2) is 14.4 Å². The Kier molecular flexibility index (Phi) is 14.4. The maximum Gasteiger partial charge on any atom is 0.411 e. The van der Waals surface area contributed by atoms with Crippen LogP contribution in [0.25, 0.3) is 12.2 Å². The first-order chi connectivity index (χ1) is 35.6. The molecule has 0 spiro atoms. The molecular weight excluding hydrogens is 933 g/mol. The van der Waals surface area contributed by atoms with Crippen LogP contribution in [0.3, 0.4) is 0 Å². The first-order valence-corrected chi connectivity index (χ1v) is 24.5. The predicted octanol–water partition coefficient (Wildman–Crippen LogP) is 9.93. The molecule has 2 aromatic heterocycles. The summed E-state index contributed by atoms with van der Waals surface area (Å²) in [5, 5.41) is 2.58. The summed E-state index contributed by atoms with van der Waals surface area (Å²) in [5.74, 6) is -1.16. The summed E-state index contributed by atoms with van der Waals surface area (Å²) >= 11 is 0. The van der Waals surface area contributed by atoms with Crippen LogP contribution in [0.4, 0.5) is 16.2 Å². The molecule has 6 aromatic rings. The highest BCUT2D eigenvalue weighted by molar-refractivity contribution is 6.09. The van der Waals surface area contributed by atoms with E-state index in [9.17, 15) is 24.0 Å². The van der Waals surface area contributed by atoms with Crippen molar-refractivity contribution in [3.8, 4) is 0 Å². The van der Waals surface area contributed by atoms with Crippen LogP contribution in [-0.2, 0) is 33.4 Å². The van der Waals surface area contributed by atoms with Gasteiger partial charge in [0.25, 0.3) is 11.8 Å². The predicted molar refractivity (Wildman–Crippen MR) is 281 cm³/mol. The zero-order chi connectivity index (χ0) is 52.1. The largest absolute Gasteiger partial charge is 0.451 e. The summed E-state index contributed by atoms with van der Waals surface area (Å²) in [4.78, 5) is 77.5. The van der Waals surface area contributed by atoms with E-state index < -0.39 is 47.2 Å². The topological polar surface area (TPSA) is 183 Å². The molecule has 4 atom stereocenters. The van der Waals surface area contributed by atoms with Gasteiger partial charge in [-0.2, -0.15) is 0 Å². The van der Waals surface area contributed by atoms with Crippen molar-refractivity contribution in [1.82, 2.24) is 19.8 Å². The second-order valence-corrected chi connectivity index (χ2v) is 20.1. The lowest BCUT2D eigenvalue weighted by Gasteiger charge is -2.41. The quantitative estimate of drug-likeness (QED) is 0.0369. The Labute approximate surface area is 430 Å². The van der Waals surface area contributed by atoms with Crippen LogP contribution < -0.4 is 11.1 Å². The third-order valence-corrected chi connectivity index (χ3v) is 13.9. The van der Waals surface area contributed by atoms with Gasteiger partial charge < -0.3 is 29.7 Å². The number of nitrogen functional groups attached to an aromatic ring is 1. The molecule has 4 aromatic carbocycles. The van der Waals surface area contributed by atoms with Crippen LogP contribution in [0.5, 0.6) is 0 Å². The average Bonchev–Trinajstić information content (AvgIpc) is 3.83. The fourth-order valence-corrected chi connectivity index (χ4v) is 10.4. The van der Waals surface area contributed by atoms with Gasteiger partial charge in [0.05, 0.1) is 47.2 Å². The fourth-order valence-electron chi connectivity index (χ4n) is 10.4. The molecule has 0 radical (unpaired) electrons. The lowest BCUT2D eigenvalue weighted by Crippen LogP contribution is -2.58. The van der Waals surface area contributed by atoms with Crippen molar-refractivity contribution in [3.63, 3.8) is 0 Å². The van der Waals surface area contributed by atoms with Crippen molar-refractivity contribution in [2.45, 2.75) is 76.9 Å². The second kappa shape index (κ2) is 21.2. The molecule has 0 bridgehead atoms. The molecule has 74 heavy (non-hydrogen) atoms. The molecule has 3 N–H and O–H groups in total. The number of fused-ring (bicyclic) bond motifs is 2. The summed E-state index contributed by atoms with van der Waals surface area (Å²) in [6.07, 6.45) is 7.65. The van der Waals surface area contributed by atoms with Crippen LogP contribution in [-0.4, -0.2) is 80.4 Å². The van der Waals surface area contributed by atoms with Gasteiger partial charge in [0, 0.05) is 11.1 Å². The number of hydrogen-bond donors (Lipinski definition) is 2. The number of esters is 2. The van der Waals surface area contributed by atoms with Crippen LogP contribution in [0, 0.1) is 10.8 Å². The first kappa shape index (κ1) is 50.3. The number of carbonyl (C=O) groups is 5. The molecule has 14 heteroatoms. The van der Waals surface area contributed by atoms with E-state index in [0.29, 0.717) is 46.8 Å². The molecule has 6 heterocycles. The Hall–Kier alpha value is -8.65. The number of benzene rings is 4. The highest BCUT2D eigenvalue weighted by Crippen LogP contribution is 2.52. The molecule has 10 rings (SSSR count). The molecule has 2 unspecified atom stereocenters. The van der Waals surface area contributed by atoms with Crippen molar-refractivity contribution in [3.05, 3.63) is 215 Å². The number of pyridine rings is 2. The number of nitrogens with one attached hydrogen (secondary N) is 1. The zero-order valence-corrected chi connectivity index (χ0v) is 41.7. The lowest BCUT2D eigenvalue weighted by atomic mass is 9.83. The minimum atomic E-state index is -0.710. The number of hydrogen-bond acceptors (Lipinski definition) is 11. The Bertz CT molecular complexity index is 3010. The summed E-state index contributed by atoms with van der Waals surface area (Å²) in [5.41, 5.74) is 11.9. The third kappa shape index (κ3) is 10.5. The minimum absolute atomic E-state index is 0.105. The van der Waals surface area contributed by atoms with Crippen molar-refractivity contribution in [2.24, 2.45) is 10.8 Å². The van der Waals surface area contributed by atoms with Crippen LogP contribution in [0.2, 0.25) is 0 Å². The molecule has 4 fully saturated rings. The number of nitrogens with two attached hydrogens (primary N) is 1. The first-order valence-electron chi connectivity index (χ1n) is 24.5. The van der Waals surface area contributed by atoms with E-state index in [0.717, 1.165) is 22.3 Å². The summed E-state index contributed by atoms with van der Waals surface area (Å²) in [7, 11) is 0. The third-order valence-electron chi connectivity index (χ3n) is 13.9. The van der Waals surface area contributed by atoms with E-state index in [1.54, 1.807) is 52.4 Å². The highest BCUT2D eigenvalue weighted by Gasteiger charge is 2.62. The monoisotopic (exact) mass is 990 g/mol. The maximum atomic E-state index is 13.7. The van der Waals surface area contributed by atoms with Gasteiger partial charge in [-0.3, -0.25) is 24.9 Å². The second-order valence-electron chi connectivity index (χ2n) is 20.1. The van der Waals surface area contributed by atoms with Gasteiger partial charge in [0.2, 0.25) is 0 Å². The summed E-state index contributed by atoms with van der Waals surface area (Å²) in [6.45, 7) is 11.6. The highest BCUT2D eigenvalue weighted by atomic mass is 16.6. The van der Waals surface area contributed by atoms with Gasteiger partial charge in [0.1, 0.15) is 18.7 Å². The van der Waals surface area contributed by atoms with Crippen LogP contribution in [0.1, 0.15) is 86.4 Å². The van der Waals surface area contributed by atoms with Crippen molar-refractivity contribution in [1.29, 1.82) is 0 Å². The molecule has 376 valence electrons. The van der Waals surface area contributed by atoms with E-state index in [1.807, 2.05) is 149 Å². The summed E-state index contributed by atoms with van der Waals surface area (Å²) in [6, 6.07) is 43.8. The minimum Gasteiger partial charge on any atom is -0.451 e. The Morgan fingerprint density at radius 1 is 0.622 bits per heavy atom. The molecular formula is C60H58N6O8. The lowest BCUT2D eigenvalue weighted by molar-refractivity contribution is -0.162. The number of β-lactam (4-membered cyclic amide) rings is 2. The van der Waals surface area contributed by atoms with Gasteiger partial charge in [-0.15, -0.1) is 0 Å². The molecule has 0 aliphatic carbocycles. The number of ether oxygens (including phenoxy) is 3. The number of carbonyl (C=O) groups excluding carboxylic acids is 5. The zero-order valence-electron chi connectivity index (χ0n) is 41.7. The van der Waals surface area contributed by atoms with Gasteiger partial charge >= 0.3 is 18.0 Å². The number of amides is 3. The SMILES string of the molecule is C=CCOC(=O)Nc1ccc(/C=C2/C(=O)N3C2CC(C)(C)[C@@H]3C(=O)OC(c2ccccc2)c2ccccc2)nc1.CC1(C)CC2/C(=C\c3ccc(N)cn3)C(=O)N2[C@H]1C(=O)OC(c1ccccc1)c1ccccc1. The van der Waals surface area contributed by atoms with E-state index in [4.69, 9.17) is 19.9 Å². The number of aromatic nitrogens is 2. The maximum absolute atomic E-state index is 13.7. The van der Waals surface area contributed by atoms with Crippen LogP contribution >= 0.6 is 0 Å². The molecule has 3 amide bonds. The number of anilines is 2. The molecule has 4 aliphatic rings. The van der Waals surface area contributed by atoms with Crippen molar-refractivity contribution >= 4 is 53.4 Å². The number of nitrogens with zero attached hydrogens (tertiary/aromatic N) is 4.